The molecule has 0 bridgehead atoms. The lowest BCUT2D eigenvalue weighted by molar-refractivity contribution is -0.645. The lowest BCUT2D eigenvalue weighted by Gasteiger charge is -2.05. The van der Waals surface area contributed by atoms with Gasteiger partial charge in [0, 0.05) is 5.56 Å². The summed E-state index contributed by atoms with van der Waals surface area (Å²) in [4.78, 5) is 11.7. The monoisotopic (exact) mass is 257 g/mol. The smallest absolute Gasteiger partial charge is 0.219 e. The average Bonchev–Trinajstić information content (AvgIpc) is 2.17. The molecule has 1 aromatic rings. The lowest BCUT2D eigenvalue weighted by Crippen LogP contribution is -3.00. The molecule has 0 heterocycles. The second kappa shape index (κ2) is 5.94. The van der Waals surface area contributed by atoms with E-state index in [2.05, 4.69) is 0 Å². The van der Waals surface area contributed by atoms with Gasteiger partial charge < -0.3 is 22.3 Å². The predicted molar refractivity (Wildman–Crippen MR) is 52.8 cm³/mol. The summed E-state index contributed by atoms with van der Waals surface area (Å²) in [5, 5.41) is 1.92. The standard InChI is InChI=1S/C11H15NO.BrH/c1-8-4-6-10(7-5-8)11(13)9(2)12-3;/h4-7,9,12H,1-3H3;1H/t9-;/m1./s1. The number of hydrogen-bond acceptors (Lipinski definition) is 1. The first-order valence-corrected chi connectivity index (χ1v) is 4.55. The highest BCUT2D eigenvalue weighted by molar-refractivity contribution is 5.98. The van der Waals surface area contributed by atoms with Crippen LogP contribution in [-0.4, -0.2) is 18.9 Å². The third-order valence-corrected chi connectivity index (χ3v) is 2.25. The first kappa shape index (κ1) is 13.3. The van der Waals surface area contributed by atoms with Crippen molar-refractivity contribution < 1.29 is 27.1 Å². The van der Waals surface area contributed by atoms with Gasteiger partial charge in [-0.05, 0) is 13.8 Å². The minimum Gasteiger partial charge on any atom is -1.00 e. The summed E-state index contributed by atoms with van der Waals surface area (Å²) in [6.45, 7) is 3.94. The molecule has 3 heteroatoms. The van der Waals surface area contributed by atoms with E-state index in [0.717, 1.165) is 5.56 Å². The maximum Gasteiger partial charge on any atom is 0.219 e. The second-order valence-corrected chi connectivity index (χ2v) is 3.35. The molecule has 0 saturated heterocycles. The lowest BCUT2D eigenvalue weighted by atomic mass is 10.0. The first-order valence-electron chi connectivity index (χ1n) is 4.55. The Kier molecular flexibility index (Phi) is 5.65. The molecule has 0 spiro atoms. The van der Waals surface area contributed by atoms with Gasteiger partial charge in [0.2, 0.25) is 5.78 Å². The molecule has 1 atom stereocenters. The number of nitrogens with two attached hydrogens (primary N) is 1. The summed E-state index contributed by atoms with van der Waals surface area (Å²) < 4.78 is 0. The number of halogens is 1. The minimum absolute atomic E-state index is 0. The summed E-state index contributed by atoms with van der Waals surface area (Å²) in [5.74, 6) is 0.197. The molecule has 0 radical (unpaired) electrons. The Morgan fingerprint density at radius 3 is 2.21 bits per heavy atom. The van der Waals surface area contributed by atoms with Gasteiger partial charge in [-0.25, -0.2) is 0 Å². The first-order chi connectivity index (χ1) is 6.15. The number of Topliss-reactive ketones (excluding diaryl/α,β-unsaturated/α-hetero) is 1. The van der Waals surface area contributed by atoms with Gasteiger partial charge in [-0.1, -0.05) is 29.8 Å². The van der Waals surface area contributed by atoms with E-state index in [1.165, 1.54) is 5.56 Å². The SMILES string of the molecule is C[NH2+][C@H](C)C(=O)c1ccc(C)cc1.[Br-]. The van der Waals surface area contributed by atoms with Crippen molar-refractivity contribution in [3.8, 4) is 0 Å². The van der Waals surface area contributed by atoms with Gasteiger partial charge in [-0.3, -0.25) is 4.79 Å². The fourth-order valence-electron chi connectivity index (χ4n) is 1.13. The topological polar surface area (TPSA) is 33.7 Å². The van der Waals surface area contributed by atoms with Crippen molar-refractivity contribution >= 4 is 5.78 Å². The molecule has 78 valence electrons. The van der Waals surface area contributed by atoms with Gasteiger partial charge in [-0.2, -0.15) is 0 Å². The van der Waals surface area contributed by atoms with Crippen LogP contribution in [0.5, 0.6) is 0 Å². The molecule has 14 heavy (non-hydrogen) atoms. The molecule has 0 fully saturated rings. The second-order valence-electron chi connectivity index (χ2n) is 3.35. The van der Waals surface area contributed by atoms with E-state index in [0.29, 0.717) is 0 Å². The molecule has 0 unspecified atom stereocenters. The number of carbonyl (C=O) groups excluding carboxylic acids is 1. The summed E-state index contributed by atoms with van der Waals surface area (Å²) in [5.41, 5.74) is 1.99. The van der Waals surface area contributed by atoms with Gasteiger partial charge in [0.15, 0.2) is 0 Å². The highest BCUT2D eigenvalue weighted by Gasteiger charge is 2.15. The van der Waals surface area contributed by atoms with Gasteiger partial charge >= 0.3 is 0 Å². The predicted octanol–water partition coefficient (Wildman–Crippen LogP) is -2.24. The van der Waals surface area contributed by atoms with Crippen molar-refractivity contribution in [1.29, 1.82) is 0 Å². The third kappa shape index (κ3) is 3.24. The molecule has 1 rings (SSSR count). The van der Waals surface area contributed by atoms with E-state index in [9.17, 15) is 4.79 Å². The fourth-order valence-corrected chi connectivity index (χ4v) is 1.13. The number of rotatable bonds is 3. The summed E-state index contributed by atoms with van der Waals surface area (Å²) in [6.07, 6.45) is 0. The van der Waals surface area contributed by atoms with Gasteiger partial charge in [-0.15, -0.1) is 0 Å². The molecule has 2 nitrogen and oxygen atoms in total. The molecule has 2 N–H and O–H groups in total. The van der Waals surface area contributed by atoms with E-state index in [1.807, 2.05) is 50.5 Å². The Labute approximate surface area is 95.5 Å². The number of hydrogen-bond donors (Lipinski definition) is 1. The molecule has 0 aliphatic heterocycles. The highest BCUT2D eigenvalue weighted by Crippen LogP contribution is 2.04. The van der Waals surface area contributed by atoms with Crippen molar-refractivity contribution in [2.45, 2.75) is 19.9 Å². The number of likely N-dealkylation sites (N-methyl/N-ethyl adjacent to an activating group) is 1. The van der Waals surface area contributed by atoms with E-state index in [1.54, 1.807) is 0 Å². The third-order valence-electron chi connectivity index (χ3n) is 2.25. The number of aryl methyl sites for hydroxylation is 1. The largest absolute Gasteiger partial charge is 1.00 e. The zero-order chi connectivity index (χ0) is 9.84. The van der Waals surface area contributed by atoms with E-state index < -0.39 is 0 Å². The summed E-state index contributed by atoms with van der Waals surface area (Å²) >= 11 is 0. The molecule has 0 amide bonds. The van der Waals surface area contributed by atoms with Crippen molar-refractivity contribution in [2.75, 3.05) is 7.05 Å². The number of quaternary nitrogens is 1. The number of carbonyl (C=O) groups is 1. The normalized spacial score (nSPS) is 11.6. The Morgan fingerprint density at radius 2 is 1.79 bits per heavy atom. The van der Waals surface area contributed by atoms with Crippen molar-refractivity contribution in [3.63, 3.8) is 0 Å². The zero-order valence-electron chi connectivity index (χ0n) is 8.75. The Morgan fingerprint density at radius 1 is 1.29 bits per heavy atom. The van der Waals surface area contributed by atoms with Crippen molar-refractivity contribution in [3.05, 3.63) is 35.4 Å². The zero-order valence-corrected chi connectivity index (χ0v) is 10.3. The van der Waals surface area contributed by atoms with Gasteiger partial charge in [0.05, 0.1) is 7.05 Å². The minimum atomic E-state index is 0. The van der Waals surface area contributed by atoms with E-state index in [-0.39, 0.29) is 28.8 Å². The van der Waals surface area contributed by atoms with Crippen LogP contribution < -0.4 is 22.3 Å². The van der Waals surface area contributed by atoms with Gasteiger partial charge in [0.1, 0.15) is 6.04 Å². The molecular weight excluding hydrogens is 242 g/mol. The molecular formula is C11H16BrNO. The van der Waals surface area contributed by atoms with E-state index >= 15 is 0 Å². The van der Waals surface area contributed by atoms with Crippen LogP contribution in [0.2, 0.25) is 0 Å². The van der Waals surface area contributed by atoms with Gasteiger partial charge in [0.25, 0.3) is 0 Å². The Bertz CT molecular complexity index is 295. The molecule has 0 saturated carbocycles. The van der Waals surface area contributed by atoms with Crippen LogP contribution >= 0.6 is 0 Å². The number of ketones is 1. The van der Waals surface area contributed by atoms with Crippen LogP contribution in [0.15, 0.2) is 24.3 Å². The Balaban J connectivity index is 0.00000169. The summed E-state index contributed by atoms with van der Waals surface area (Å²) in [7, 11) is 1.91. The quantitative estimate of drug-likeness (QED) is 0.611. The molecule has 0 aromatic heterocycles. The molecule has 1 aromatic carbocycles. The van der Waals surface area contributed by atoms with Crippen LogP contribution in [0, 0.1) is 6.92 Å². The van der Waals surface area contributed by atoms with Crippen LogP contribution in [0.3, 0.4) is 0 Å². The molecule has 0 aliphatic carbocycles. The maximum absolute atomic E-state index is 11.7. The number of benzene rings is 1. The van der Waals surface area contributed by atoms with Crippen LogP contribution in [0.1, 0.15) is 22.8 Å². The van der Waals surface area contributed by atoms with Crippen LogP contribution in [0.4, 0.5) is 0 Å². The van der Waals surface area contributed by atoms with Crippen molar-refractivity contribution in [2.24, 2.45) is 0 Å². The Hall–Kier alpha value is -0.670. The highest BCUT2D eigenvalue weighted by atomic mass is 79.9. The fraction of sp³-hybridized carbons (Fsp3) is 0.364. The maximum atomic E-state index is 11.7. The summed E-state index contributed by atoms with van der Waals surface area (Å²) in [6, 6.07) is 7.73. The molecule has 0 aliphatic rings. The van der Waals surface area contributed by atoms with Crippen LogP contribution in [-0.2, 0) is 0 Å². The van der Waals surface area contributed by atoms with Crippen molar-refractivity contribution in [1.82, 2.24) is 0 Å². The van der Waals surface area contributed by atoms with E-state index in [4.69, 9.17) is 0 Å². The average molecular weight is 258 g/mol. The van der Waals surface area contributed by atoms with Crippen LogP contribution in [0.25, 0.3) is 0 Å².